The second-order valence-corrected chi connectivity index (χ2v) is 4.45. The fourth-order valence-corrected chi connectivity index (χ4v) is 2.13. The van der Waals surface area contributed by atoms with E-state index >= 15 is 0 Å². The minimum Gasteiger partial charge on any atom is -0.457 e. The van der Waals surface area contributed by atoms with Crippen molar-refractivity contribution in [3.8, 4) is 11.5 Å². The van der Waals surface area contributed by atoms with Crippen molar-refractivity contribution in [3.63, 3.8) is 0 Å². The van der Waals surface area contributed by atoms with Crippen LogP contribution >= 0.6 is 0 Å². The van der Waals surface area contributed by atoms with Crippen LogP contribution in [0.25, 0.3) is 0 Å². The largest absolute Gasteiger partial charge is 0.457 e. The minimum atomic E-state index is -0.409. The standard InChI is InChI=1S/C14H14N2O4/c1-9(17)20-12(7-14-15-4-5-16-14)10-2-3-11-13(6-10)19-8-18-11/h2-6,12H,7-8H2,1H3,(H,15,16). The molecule has 1 aliphatic heterocycles. The number of nitrogens with one attached hydrogen (secondary N) is 1. The Hall–Kier alpha value is -2.50. The highest BCUT2D eigenvalue weighted by molar-refractivity contribution is 5.66. The molecule has 0 fully saturated rings. The first-order chi connectivity index (χ1) is 9.72. The van der Waals surface area contributed by atoms with Gasteiger partial charge in [-0.05, 0) is 17.7 Å². The van der Waals surface area contributed by atoms with Crippen LogP contribution in [-0.4, -0.2) is 22.7 Å². The van der Waals surface area contributed by atoms with Crippen LogP contribution in [0.15, 0.2) is 30.6 Å². The summed E-state index contributed by atoms with van der Waals surface area (Å²) in [6.07, 6.45) is 3.47. The highest BCUT2D eigenvalue weighted by Crippen LogP contribution is 2.35. The van der Waals surface area contributed by atoms with E-state index in [0.29, 0.717) is 17.9 Å². The zero-order valence-corrected chi connectivity index (χ0v) is 11.0. The Labute approximate surface area is 115 Å². The molecule has 0 saturated carbocycles. The Morgan fingerprint density at radius 1 is 1.45 bits per heavy atom. The number of ether oxygens (including phenoxy) is 3. The summed E-state index contributed by atoms with van der Waals surface area (Å²) in [6.45, 7) is 1.61. The average molecular weight is 274 g/mol. The van der Waals surface area contributed by atoms with Gasteiger partial charge in [-0.1, -0.05) is 6.07 Å². The van der Waals surface area contributed by atoms with Crippen molar-refractivity contribution in [2.45, 2.75) is 19.4 Å². The smallest absolute Gasteiger partial charge is 0.303 e. The molecule has 3 rings (SSSR count). The van der Waals surface area contributed by atoms with Crippen LogP contribution in [0.5, 0.6) is 11.5 Å². The van der Waals surface area contributed by atoms with Gasteiger partial charge in [0.25, 0.3) is 0 Å². The lowest BCUT2D eigenvalue weighted by Crippen LogP contribution is -2.12. The van der Waals surface area contributed by atoms with Crippen LogP contribution in [0.2, 0.25) is 0 Å². The molecular formula is C14H14N2O4. The van der Waals surface area contributed by atoms with Gasteiger partial charge in [0.2, 0.25) is 6.79 Å². The monoisotopic (exact) mass is 274 g/mol. The van der Waals surface area contributed by atoms with Crippen LogP contribution < -0.4 is 9.47 Å². The maximum Gasteiger partial charge on any atom is 0.303 e. The van der Waals surface area contributed by atoms with Gasteiger partial charge < -0.3 is 19.2 Å². The number of H-pyrrole nitrogens is 1. The molecule has 1 atom stereocenters. The van der Waals surface area contributed by atoms with Gasteiger partial charge >= 0.3 is 5.97 Å². The molecule has 1 aromatic carbocycles. The molecule has 1 aliphatic rings. The lowest BCUT2D eigenvalue weighted by molar-refractivity contribution is -0.146. The van der Waals surface area contributed by atoms with Crippen LogP contribution in [0.4, 0.5) is 0 Å². The summed E-state index contributed by atoms with van der Waals surface area (Å²) >= 11 is 0. The molecule has 1 aromatic heterocycles. The molecule has 104 valence electrons. The van der Waals surface area contributed by atoms with Gasteiger partial charge in [-0.3, -0.25) is 4.79 Å². The minimum absolute atomic E-state index is 0.217. The number of hydrogen-bond donors (Lipinski definition) is 1. The summed E-state index contributed by atoms with van der Waals surface area (Å²) in [6, 6.07) is 5.51. The van der Waals surface area contributed by atoms with Gasteiger partial charge in [-0.25, -0.2) is 4.98 Å². The lowest BCUT2D eigenvalue weighted by Gasteiger charge is -2.16. The molecule has 1 unspecified atom stereocenters. The highest BCUT2D eigenvalue weighted by atomic mass is 16.7. The average Bonchev–Trinajstić information content (AvgIpc) is 3.07. The van der Waals surface area contributed by atoms with E-state index in [1.807, 2.05) is 18.2 Å². The van der Waals surface area contributed by atoms with Gasteiger partial charge in [0.05, 0.1) is 0 Å². The van der Waals surface area contributed by atoms with Crippen LogP contribution in [0, 0.1) is 0 Å². The summed E-state index contributed by atoms with van der Waals surface area (Å²) in [4.78, 5) is 18.4. The normalized spacial score (nSPS) is 14.1. The van der Waals surface area contributed by atoms with Crippen molar-refractivity contribution in [2.24, 2.45) is 0 Å². The second-order valence-electron chi connectivity index (χ2n) is 4.45. The summed E-state index contributed by atoms with van der Waals surface area (Å²) in [5, 5.41) is 0. The Morgan fingerprint density at radius 2 is 2.30 bits per heavy atom. The number of esters is 1. The van der Waals surface area contributed by atoms with Crippen molar-refractivity contribution in [1.29, 1.82) is 0 Å². The number of fused-ring (bicyclic) bond motifs is 1. The Morgan fingerprint density at radius 3 is 3.05 bits per heavy atom. The molecular weight excluding hydrogens is 260 g/mol. The molecule has 2 heterocycles. The molecule has 20 heavy (non-hydrogen) atoms. The lowest BCUT2D eigenvalue weighted by atomic mass is 10.1. The maximum atomic E-state index is 11.3. The van der Waals surface area contributed by atoms with Crippen molar-refractivity contribution >= 4 is 5.97 Å². The Bertz CT molecular complexity index is 610. The van der Waals surface area contributed by atoms with E-state index in [2.05, 4.69) is 9.97 Å². The van der Waals surface area contributed by atoms with E-state index in [1.54, 1.807) is 12.4 Å². The van der Waals surface area contributed by atoms with Crippen LogP contribution in [-0.2, 0) is 16.0 Å². The number of rotatable bonds is 4. The predicted molar refractivity (Wildman–Crippen MR) is 69.4 cm³/mol. The number of carbonyl (C=O) groups is 1. The van der Waals surface area contributed by atoms with E-state index in [9.17, 15) is 4.79 Å². The van der Waals surface area contributed by atoms with Crippen LogP contribution in [0.1, 0.15) is 24.4 Å². The quantitative estimate of drug-likeness (QED) is 0.863. The third-order valence-corrected chi connectivity index (χ3v) is 3.01. The third kappa shape index (κ3) is 2.59. The number of imidazole rings is 1. The fourth-order valence-electron chi connectivity index (χ4n) is 2.13. The maximum absolute atomic E-state index is 11.3. The highest BCUT2D eigenvalue weighted by Gasteiger charge is 2.21. The second kappa shape index (κ2) is 5.24. The molecule has 0 spiro atoms. The number of nitrogens with zero attached hydrogens (tertiary/aromatic N) is 1. The number of carbonyl (C=O) groups excluding carboxylic acids is 1. The number of aromatic nitrogens is 2. The molecule has 0 bridgehead atoms. The summed E-state index contributed by atoms with van der Waals surface area (Å²) in [7, 11) is 0. The van der Waals surface area contributed by atoms with Gasteiger partial charge in [-0.15, -0.1) is 0 Å². The van der Waals surface area contributed by atoms with Crippen molar-refractivity contribution in [3.05, 3.63) is 42.0 Å². The molecule has 6 heteroatoms. The van der Waals surface area contributed by atoms with Gasteiger partial charge in [0, 0.05) is 25.7 Å². The molecule has 0 radical (unpaired) electrons. The van der Waals surface area contributed by atoms with E-state index in [0.717, 1.165) is 11.4 Å². The molecule has 6 nitrogen and oxygen atoms in total. The third-order valence-electron chi connectivity index (χ3n) is 3.01. The van der Waals surface area contributed by atoms with Gasteiger partial charge in [0.15, 0.2) is 11.5 Å². The number of hydrogen-bond acceptors (Lipinski definition) is 5. The summed E-state index contributed by atoms with van der Waals surface area (Å²) in [5.41, 5.74) is 0.848. The summed E-state index contributed by atoms with van der Waals surface area (Å²) < 4.78 is 16.0. The zero-order chi connectivity index (χ0) is 13.9. The summed E-state index contributed by atoms with van der Waals surface area (Å²) in [5.74, 6) is 1.79. The fraction of sp³-hybridized carbons (Fsp3) is 0.286. The first-order valence-corrected chi connectivity index (χ1v) is 6.27. The molecule has 0 saturated heterocycles. The molecule has 1 N–H and O–H groups in total. The van der Waals surface area contributed by atoms with Gasteiger partial charge in [-0.2, -0.15) is 0 Å². The van der Waals surface area contributed by atoms with Gasteiger partial charge in [0.1, 0.15) is 11.9 Å². The van der Waals surface area contributed by atoms with E-state index in [1.165, 1.54) is 6.92 Å². The van der Waals surface area contributed by atoms with Crippen molar-refractivity contribution in [1.82, 2.24) is 9.97 Å². The Balaban J connectivity index is 1.86. The molecule has 2 aromatic rings. The number of benzene rings is 1. The van der Waals surface area contributed by atoms with Crippen molar-refractivity contribution < 1.29 is 19.0 Å². The Kier molecular flexibility index (Phi) is 3.28. The van der Waals surface area contributed by atoms with Crippen LogP contribution in [0.3, 0.4) is 0 Å². The first kappa shape index (κ1) is 12.5. The van der Waals surface area contributed by atoms with E-state index < -0.39 is 6.10 Å². The van der Waals surface area contributed by atoms with Crippen molar-refractivity contribution in [2.75, 3.05) is 6.79 Å². The first-order valence-electron chi connectivity index (χ1n) is 6.27. The number of aromatic amines is 1. The SMILES string of the molecule is CC(=O)OC(Cc1ncc[nH]1)c1ccc2c(c1)OCO2. The molecule has 0 amide bonds. The zero-order valence-electron chi connectivity index (χ0n) is 11.0. The predicted octanol–water partition coefficient (Wildman–Crippen LogP) is 1.99. The van der Waals surface area contributed by atoms with E-state index in [4.69, 9.17) is 14.2 Å². The van der Waals surface area contributed by atoms with E-state index in [-0.39, 0.29) is 12.8 Å². The topological polar surface area (TPSA) is 73.4 Å². The molecule has 0 aliphatic carbocycles.